The van der Waals surface area contributed by atoms with Gasteiger partial charge < -0.3 is 0 Å². The van der Waals surface area contributed by atoms with Crippen LogP contribution in [0.15, 0.2) is 84.0 Å². The van der Waals surface area contributed by atoms with Crippen molar-refractivity contribution in [2.24, 2.45) is 0 Å². The van der Waals surface area contributed by atoms with Crippen molar-refractivity contribution in [3.8, 4) is 0 Å². The van der Waals surface area contributed by atoms with Gasteiger partial charge in [-0.25, -0.2) is 0 Å². The minimum atomic E-state index is -0.353. The summed E-state index contributed by atoms with van der Waals surface area (Å²) < 4.78 is 0. The first-order chi connectivity index (χ1) is 14.6. The van der Waals surface area contributed by atoms with Crippen LogP contribution in [0.4, 0.5) is 4.79 Å². The second kappa shape index (κ2) is 9.07. The van der Waals surface area contributed by atoms with Crippen LogP contribution >= 0.6 is 11.8 Å². The van der Waals surface area contributed by atoms with Gasteiger partial charge in [-0.1, -0.05) is 54.6 Å². The van der Waals surface area contributed by atoms with Gasteiger partial charge in [-0.15, -0.1) is 0 Å². The molecule has 0 spiro atoms. The molecule has 2 unspecified atom stereocenters. The molecular formula is C24H21N3O2S. The molecule has 3 aromatic rings. The molecule has 6 heteroatoms. The molecule has 4 rings (SSSR count). The molecule has 2 aromatic carbocycles. The molecule has 30 heavy (non-hydrogen) atoms. The number of nitrogens with zero attached hydrogens (tertiary/aromatic N) is 1. The summed E-state index contributed by atoms with van der Waals surface area (Å²) in [6.45, 7) is 2.12. The lowest BCUT2D eigenvalue weighted by Crippen LogP contribution is -2.26. The SMILES string of the molecule is CC(NC(c1ccccc1)c1ccccc1/C=C1/SC(=O)NC1=O)c1ccncc1. The second-order valence-electron chi connectivity index (χ2n) is 6.99. The van der Waals surface area contributed by atoms with Crippen LogP contribution in [-0.4, -0.2) is 16.1 Å². The number of hydrogen-bond acceptors (Lipinski definition) is 5. The van der Waals surface area contributed by atoms with E-state index in [1.165, 1.54) is 0 Å². The van der Waals surface area contributed by atoms with Gasteiger partial charge in [0, 0.05) is 18.4 Å². The molecule has 1 aliphatic heterocycles. The van der Waals surface area contributed by atoms with Crippen LogP contribution in [-0.2, 0) is 4.79 Å². The highest BCUT2D eigenvalue weighted by Gasteiger charge is 2.26. The Kier molecular flexibility index (Phi) is 6.07. The van der Waals surface area contributed by atoms with E-state index in [-0.39, 0.29) is 23.2 Å². The maximum Gasteiger partial charge on any atom is 0.290 e. The number of nitrogens with one attached hydrogen (secondary N) is 2. The summed E-state index contributed by atoms with van der Waals surface area (Å²) in [6.07, 6.45) is 5.36. The first-order valence-corrected chi connectivity index (χ1v) is 10.5. The molecule has 2 N–H and O–H groups in total. The summed E-state index contributed by atoms with van der Waals surface area (Å²) in [4.78, 5) is 28.1. The van der Waals surface area contributed by atoms with Crippen molar-refractivity contribution in [1.29, 1.82) is 0 Å². The van der Waals surface area contributed by atoms with Gasteiger partial charge in [0.1, 0.15) is 0 Å². The average molecular weight is 416 g/mol. The first-order valence-electron chi connectivity index (χ1n) is 9.66. The van der Waals surface area contributed by atoms with Crippen molar-refractivity contribution < 1.29 is 9.59 Å². The third-order valence-corrected chi connectivity index (χ3v) is 5.80. The van der Waals surface area contributed by atoms with Crippen molar-refractivity contribution in [1.82, 2.24) is 15.6 Å². The topological polar surface area (TPSA) is 71.1 Å². The highest BCUT2D eigenvalue weighted by atomic mass is 32.2. The van der Waals surface area contributed by atoms with E-state index in [0.717, 1.165) is 34.0 Å². The van der Waals surface area contributed by atoms with E-state index >= 15 is 0 Å². The van der Waals surface area contributed by atoms with E-state index in [0.29, 0.717) is 4.91 Å². The molecule has 0 bridgehead atoms. The van der Waals surface area contributed by atoms with Crippen LogP contribution in [0.2, 0.25) is 0 Å². The zero-order valence-electron chi connectivity index (χ0n) is 16.4. The molecule has 1 saturated heterocycles. The fourth-order valence-electron chi connectivity index (χ4n) is 3.48. The summed E-state index contributed by atoms with van der Waals surface area (Å²) in [5.74, 6) is -0.353. The van der Waals surface area contributed by atoms with E-state index in [1.807, 2.05) is 48.5 Å². The van der Waals surface area contributed by atoms with Crippen LogP contribution in [0, 0.1) is 0 Å². The van der Waals surface area contributed by atoms with Crippen LogP contribution in [0.1, 0.15) is 41.3 Å². The number of aromatic nitrogens is 1. The Labute approximate surface area is 179 Å². The van der Waals surface area contributed by atoms with Gasteiger partial charge >= 0.3 is 0 Å². The monoisotopic (exact) mass is 415 g/mol. The Morgan fingerprint density at radius 2 is 1.63 bits per heavy atom. The average Bonchev–Trinajstić information content (AvgIpc) is 3.10. The van der Waals surface area contributed by atoms with Gasteiger partial charge in [0.25, 0.3) is 11.1 Å². The van der Waals surface area contributed by atoms with E-state index in [1.54, 1.807) is 18.5 Å². The molecule has 2 amide bonds. The molecule has 1 aromatic heterocycles. The number of hydrogen-bond donors (Lipinski definition) is 2. The number of thioether (sulfide) groups is 1. The van der Waals surface area contributed by atoms with Crippen molar-refractivity contribution in [3.63, 3.8) is 0 Å². The lowest BCUT2D eigenvalue weighted by molar-refractivity contribution is -0.115. The van der Waals surface area contributed by atoms with Crippen LogP contribution in [0.25, 0.3) is 6.08 Å². The Hall–Kier alpha value is -3.22. The molecule has 150 valence electrons. The Morgan fingerprint density at radius 1 is 0.933 bits per heavy atom. The van der Waals surface area contributed by atoms with E-state index in [9.17, 15) is 9.59 Å². The van der Waals surface area contributed by atoms with Gasteiger partial charge in [-0.05, 0) is 59.1 Å². The van der Waals surface area contributed by atoms with E-state index in [4.69, 9.17) is 0 Å². The second-order valence-corrected chi connectivity index (χ2v) is 8.01. The fourth-order valence-corrected chi connectivity index (χ4v) is 4.15. The Bertz CT molecular complexity index is 1080. The molecule has 0 saturated carbocycles. The highest BCUT2D eigenvalue weighted by Crippen LogP contribution is 2.32. The number of amides is 2. The zero-order chi connectivity index (χ0) is 20.9. The maximum absolute atomic E-state index is 12.1. The van der Waals surface area contributed by atoms with Gasteiger partial charge in [0.2, 0.25) is 0 Å². The molecule has 2 heterocycles. The largest absolute Gasteiger partial charge is 0.300 e. The lowest BCUT2D eigenvalue weighted by atomic mass is 9.93. The van der Waals surface area contributed by atoms with Crippen LogP contribution in [0.5, 0.6) is 0 Å². The molecule has 5 nitrogen and oxygen atoms in total. The minimum Gasteiger partial charge on any atom is -0.300 e. The van der Waals surface area contributed by atoms with Gasteiger partial charge in [0.05, 0.1) is 10.9 Å². The van der Waals surface area contributed by atoms with Gasteiger partial charge in [-0.2, -0.15) is 0 Å². The van der Waals surface area contributed by atoms with Gasteiger partial charge in [0.15, 0.2) is 0 Å². The lowest BCUT2D eigenvalue weighted by Gasteiger charge is -2.26. The predicted molar refractivity (Wildman–Crippen MR) is 120 cm³/mol. The first kappa shape index (κ1) is 20.1. The molecule has 0 radical (unpaired) electrons. The van der Waals surface area contributed by atoms with Crippen molar-refractivity contribution >= 4 is 29.0 Å². The quantitative estimate of drug-likeness (QED) is 0.564. The van der Waals surface area contributed by atoms with Crippen molar-refractivity contribution in [2.75, 3.05) is 0 Å². The predicted octanol–water partition coefficient (Wildman–Crippen LogP) is 4.85. The summed E-state index contributed by atoms with van der Waals surface area (Å²) in [7, 11) is 0. The number of imide groups is 1. The summed E-state index contributed by atoms with van der Waals surface area (Å²) >= 11 is 0.930. The Balaban J connectivity index is 1.74. The molecule has 1 aliphatic rings. The summed E-state index contributed by atoms with van der Waals surface area (Å²) in [5.41, 5.74) is 4.18. The normalized spacial score (nSPS) is 17.0. The molecular weight excluding hydrogens is 394 g/mol. The number of pyridine rings is 1. The number of rotatable bonds is 6. The van der Waals surface area contributed by atoms with Crippen molar-refractivity contribution in [3.05, 3.63) is 106 Å². The maximum atomic E-state index is 12.1. The van der Waals surface area contributed by atoms with Crippen molar-refractivity contribution in [2.45, 2.75) is 19.0 Å². The Morgan fingerprint density at radius 3 is 2.33 bits per heavy atom. The number of benzene rings is 2. The highest BCUT2D eigenvalue weighted by molar-refractivity contribution is 8.18. The third kappa shape index (κ3) is 4.50. The number of carbonyl (C=O) groups is 2. The zero-order valence-corrected chi connectivity index (χ0v) is 17.2. The van der Waals surface area contributed by atoms with Crippen LogP contribution in [0.3, 0.4) is 0 Å². The molecule has 0 aliphatic carbocycles. The summed E-state index contributed by atoms with van der Waals surface area (Å²) in [6, 6.07) is 22.1. The van der Waals surface area contributed by atoms with E-state index in [2.05, 4.69) is 40.7 Å². The van der Waals surface area contributed by atoms with Gasteiger partial charge in [-0.3, -0.25) is 25.2 Å². The minimum absolute atomic E-state index is 0.0737. The molecule has 1 fully saturated rings. The number of carbonyl (C=O) groups excluding carboxylic acids is 2. The molecule has 2 atom stereocenters. The summed E-state index contributed by atoms with van der Waals surface area (Å²) in [5, 5.41) is 5.70. The van der Waals surface area contributed by atoms with E-state index < -0.39 is 0 Å². The smallest absolute Gasteiger partial charge is 0.290 e. The third-order valence-electron chi connectivity index (χ3n) is 4.99. The fraction of sp³-hybridized carbons (Fsp3) is 0.125. The standard InChI is InChI=1S/C24H21N3O2S/c1-16(17-11-13-25-14-12-17)26-22(18-7-3-2-4-8-18)20-10-6-5-9-19(20)15-21-23(28)27-24(29)30-21/h2-16,22,26H,1H3,(H,27,28,29)/b21-15+. The van der Waals surface area contributed by atoms with Crippen LogP contribution < -0.4 is 10.6 Å².